The highest BCUT2D eigenvalue weighted by Crippen LogP contribution is 2.32. The van der Waals surface area contributed by atoms with Crippen molar-refractivity contribution in [2.24, 2.45) is 5.92 Å². The summed E-state index contributed by atoms with van der Waals surface area (Å²) in [5.41, 5.74) is 2.80. The van der Waals surface area contributed by atoms with E-state index in [0.717, 1.165) is 17.9 Å². The van der Waals surface area contributed by atoms with Gasteiger partial charge in [-0.3, -0.25) is 18.9 Å². The smallest absolute Gasteiger partial charge is 0.278 e. The van der Waals surface area contributed by atoms with E-state index >= 15 is 0 Å². The lowest BCUT2D eigenvalue weighted by molar-refractivity contribution is 0.0990. The number of nitrogens with zero attached hydrogens (tertiary/aromatic N) is 6. The molecule has 0 unspecified atom stereocenters. The molecule has 7 nitrogen and oxygen atoms in total. The number of hydrogen-bond acceptors (Lipinski definition) is 4. The van der Waals surface area contributed by atoms with Crippen molar-refractivity contribution >= 4 is 17.1 Å². The Morgan fingerprint density at radius 3 is 2.79 bits per heavy atom. The normalized spacial score (nSPS) is 13.8. The van der Waals surface area contributed by atoms with E-state index < -0.39 is 0 Å². The standard InChI is InChI=1S/C21H20N6O/c1-25(16-5-3-2-4-6-16)21(28)19-18-13-22-11-12-26(18)20(24-19)17-9-10-23-27(17)14-15-7-8-15/h2-6,9-13,15H,7-8,14H2,1H3. The zero-order valence-corrected chi connectivity index (χ0v) is 15.6. The van der Waals surface area contributed by atoms with Gasteiger partial charge in [-0.05, 0) is 37.0 Å². The first-order chi connectivity index (χ1) is 13.7. The van der Waals surface area contributed by atoms with E-state index in [1.807, 2.05) is 51.7 Å². The second kappa shape index (κ2) is 6.60. The summed E-state index contributed by atoms with van der Waals surface area (Å²) in [6, 6.07) is 11.5. The average Bonchev–Trinajstić information content (AvgIpc) is 3.30. The minimum absolute atomic E-state index is 0.170. The average molecular weight is 372 g/mol. The van der Waals surface area contributed by atoms with Crippen LogP contribution in [0.25, 0.3) is 17.0 Å². The molecule has 5 rings (SSSR count). The van der Waals surface area contributed by atoms with Crippen molar-refractivity contribution in [3.8, 4) is 11.5 Å². The Hall–Kier alpha value is -3.48. The maximum Gasteiger partial charge on any atom is 0.278 e. The van der Waals surface area contributed by atoms with E-state index in [1.54, 1.807) is 30.5 Å². The number of carbonyl (C=O) groups is 1. The van der Waals surface area contributed by atoms with Crippen LogP contribution in [0.1, 0.15) is 23.3 Å². The van der Waals surface area contributed by atoms with Gasteiger partial charge >= 0.3 is 0 Å². The van der Waals surface area contributed by atoms with Crippen LogP contribution in [-0.4, -0.2) is 37.1 Å². The second-order valence-electron chi connectivity index (χ2n) is 7.16. The molecule has 1 aliphatic rings. The molecule has 28 heavy (non-hydrogen) atoms. The predicted octanol–water partition coefficient (Wildman–Crippen LogP) is 3.28. The molecule has 0 aliphatic heterocycles. The zero-order valence-electron chi connectivity index (χ0n) is 15.6. The molecule has 1 fully saturated rings. The second-order valence-corrected chi connectivity index (χ2v) is 7.16. The third kappa shape index (κ3) is 2.85. The monoisotopic (exact) mass is 372 g/mol. The maximum atomic E-state index is 13.2. The fourth-order valence-corrected chi connectivity index (χ4v) is 3.42. The number of aromatic nitrogens is 5. The molecule has 7 heteroatoms. The van der Waals surface area contributed by atoms with Crippen LogP contribution in [0.2, 0.25) is 0 Å². The first-order valence-electron chi connectivity index (χ1n) is 9.40. The highest BCUT2D eigenvalue weighted by Gasteiger charge is 2.26. The van der Waals surface area contributed by atoms with Crippen molar-refractivity contribution in [3.63, 3.8) is 0 Å². The molecular weight excluding hydrogens is 352 g/mol. The van der Waals surface area contributed by atoms with Crippen LogP contribution in [0.15, 0.2) is 61.2 Å². The van der Waals surface area contributed by atoms with Gasteiger partial charge in [-0.15, -0.1) is 0 Å². The molecule has 0 spiro atoms. The van der Waals surface area contributed by atoms with Gasteiger partial charge in [-0.25, -0.2) is 4.98 Å². The van der Waals surface area contributed by atoms with E-state index in [-0.39, 0.29) is 5.91 Å². The molecule has 1 aromatic carbocycles. The van der Waals surface area contributed by atoms with Crippen LogP contribution in [-0.2, 0) is 6.54 Å². The first kappa shape index (κ1) is 16.7. The summed E-state index contributed by atoms with van der Waals surface area (Å²) < 4.78 is 3.90. The predicted molar refractivity (Wildman–Crippen MR) is 106 cm³/mol. The third-order valence-electron chi connectivity index (χ3n) is 5.17. The van der Waals surface area contributed by atoms with Gasteiger partial charge in [0.15, 0.2) is 11.5 Å². The fourth-order valence-electron chi connectivity index (χ4n) is 3.42. The zero-order chi connectivity index (χ0) is 19.1. The molecule has 140 valence electrons. The van der Waals surface area contributed by atoms with Crippen molar-refractivity contribution in [2.45, 2.75) is 19.4 Å². The highest BCUT2D eigenvalue weighted by molar-refractivity contribution is 6.09. The molecule has 0 radical (unpaired) electrons. The molecule has 0 N–H and O–H groups in total. The summed E-state index contributed by atoms with van der Waals surface area (Å²) in [6.07, 6.45) is 9.51. The Morgan fingerprint density at radius 2 is 2.00 bits per heavy atom. The van der Waals surface area contributed by atoms with Gasteiger partial charge in [0.2, 0.25) is 0 Å². The largest absolute Gasteiger partial charge is 0.310 e. The Morgan fingerprint density at radius 1 is 1.18 bits per heavy atom. The molecule has 0 bridgehead atoms. The van der Waals surface area contributed by atoms with Crippen molar-refractivity contribution in [1.82, 2.24) is 24.1 Å². The van der Waals surface area contributed by atoms with Crippen molar-refractivity contribution in [3.05, 3.63) is 66.9 Å². The van der Waals surface area contributed by atoms with Gasteiger partial charge in [0, 0.05) is 37.9 Å². The molecular formula is C21H20N6O. The maximum absolute atomic E-state index is 13.2. The number of anilines is 1. The molecule has 1 aliphatic carbocycles. The number of para-hydroxylation sites is 1. The quantitative estimate of drug-likeness (QED) is 0.539. The molecule has 0 atom stereocenters. The Bertz CT molecular complexity index is 1140. The minimum atomic E-state index is -0.170. The Balaban J connectivity index is 1.60. The lowest BCUT2D eigenvalue weighted by Gasteiger charge is -2.15. The number of carbonyl (C=O) groups excluding carboxylic acids is 1. The first-order valence-corrected chi connectivity index (χ1v) is 9.40. The summed E-state index contributed by atoms with van der Waals surface area (Å²) in [5.74, 6) is 1.23. The van der Waals surface area contributed by atoms with Crippen LogP contribution in [0, 0.1) is 5.92 Å². The van der Waals surface area contributed by atoms with Gasteiger partial charge in [0.1, 0.15) is 5.69 Å². The number of hydrogen-bond donors (Lipinski definition) is 0. The highest BCUT2D eigenvalue weighted by atomic mass is 16.2. The molecule has 1 amide bonds. The lowest BCUT2D eigenvalue weighted by Crippen LogP contribution is -2.26. The van der Waals surface area contributed by atoms with Crippen LogP contribution in [0.5, 0.6) is 0 Å². The van der Waals surface area contributed by atoms with Crippen molar-refractivity contribution < 1.29 is 4.79 Å². The molecule has 3 heterocycles. The van der Waals surface area contributed by atoms with Crippen molar-refractivity contribution in [1.29, 1.82) is 0 Å². The summed E-state index contributed by atoms with van der Waals surface area (Å²) in [4.78, 5) is 23.8. The van der Waals surface area contributed by atoms with Gasteiger partial charge in [-0.1, -0.05) is 18.2 Å². The van der Waals surface area contributed by atoms with E-state index in [1.165, 1.54) is 12.8 Å². The summed E-state index contributed by atoms with van der Waals surface area (Å²) in [7, 11) is 1.76. The van der Waals surface area contributed by atoms with Gasteiger partial charge < -0.3 is 4.90 Å². The number of fused-ring (bicyclic) bond motifs is 1. The topological polar surface area (TPSA) is 68.3 Å². The number of imidazole rings is 1. The molecule has 1 saturated carbocycles. The summed E-state index contributed by atoms with van der Waals surface area (Å²) >= 11 is 0. The number of amides is 1. The van der Waals surface area contributed by atoms with Gasteiger partial charge in [0.25, 0.3) is 5.91 Å². The Labute approximate surface area is 162 Å². The lowest BCUT2D eigenvalue weighted by atomic mass is 10.2. The van der Waals surface area contributed by atoms with E-state index in [0.29, 0.717) is 23.0 Å². The van der Waals surface area contributed by atoms with Crippen LogP contribution < -0.4 is 4.90 Å². The summed E-state index contributed by atoms with van der Waals surface area (Å²) in [5, 5.41) is 4.47. The van der Waals surface area contributed by atoms with Gasteiger partial charge in [-0.2, -0.15) is 5.10 Å². The molecule has 3 aromatic heterocycles. The van der Waals surface area contributed by atoms with Crippen LogP contribution >= 0.6 is 0 Å². The minimum Gasteiger partial charge on any atom is -0.310 e. The third-order valence-corrected chi connectivity index (χ3v) is 5.17. The van der Waals surface area contributed by atoms with Gasteiger partial charge in [0.05, 0.1) is 11.7 Å². The van der Waals surface area contributed by atoms with E-state index in [9.17, 15) is 4.79 Å². The Kier molecular flexibility index (Phi) is 3.93. The molecule has 0 saturated heterocycles. The SMILES string of the molecule is CN(C(=O)c1nc(-c2ccnn2CC2CC2)n2ccncc12)c1ccccc1. The van der Waals surface area contributed by atoms with E-state index in [2.05, 4.69) is 10.1 Å². The van der Waals surface area contributed by atoms with Crippen LogP contribution in [0.4, 0.5) is 5.69 Å². The molecule has 4 aromatic rings. The van der Waals surface area contributed by atoms with Crippen LogP contribution in [0.3, 0.4) is 0 Å². The number of rotatable bonds is 5. The summed E-state index contributed by atoms with van der Waals surface area (Å²) in [6.45, 7) is 0.884. The van der Waals surface area contributed by atoms with Crippen molar-refractivity contribution in [2.75, 3.05) is 11.9 Å². The number of benzene rings is 1. The van der Waals surface area contributed by atoms with E-state index in [4.69, 9.17) is 4.98 Å². The fraction of sp³-hybridized carbons (Fsp3) is 0.238.